The minimum absolute atomic E-state index is 0.0190. The first-order chi connectivity index (χ1) is 8.02. The molecule has 0 aliphatic heterocycles. The molecule has 0 heterocycles. The average Bonchev–Trinajstić information content (AvgIpc) is 3.08. The zero-order chi connectivity index (χ0) is 13.0. The highest BCUT2D eigenvalue weighted by atomic mass is 16.6. The first-order valence-electron chi connectivity index (χ1n) is 6.46. The van der Waals surface area contributed by atoms with Crippen molar-refractivity contribution < 1.29 is 9.72 Å². The number of nitrogens with zero attached hydrogens (tertiary/aromatic N) is 2. The van der Waals surface area contributed by atoms with Crippen molar-refractivity contribution in [2.75, 3.05) is 6.54 Å². The largest absolute Gasteiger partial charge is 0.340 e. The first kappa shape index (κ1) is 13.9. The third-order valence-corrected chi connectivity index (χ3v) is 3.50. The minimum atomic E-state index is -0.629. The van der Waals surface area contributed by atoms with E-state index in [1.807, 2.05) is 18.7 Å². The summed E-state index contributed by atoms with van der Waals surface area (Å²) < 4.78 is 0. The SMILES string of the molecule is CCCCN(C(=O)C1CC1[N+](=O)[O-])C(C)CC. The van der Waals surface area contributed by atoms with Crippen molar-refractivity contribution in [2.24, 2.45) is 5.92 Å². The molecule has 1 aliphatic rings. The summed E-state index contributed by atoms with van der Waals surface area (Å²) in [5.41, 5.74) is 0. The molecule has 1 aliphatic carbocycles. The van der Waals surface area contributed by atoms with Gasteiger partial charge >= 0.3 is 0 Å². The average molecular weight is 242 g/mol. The van der Waals surface area contributed by atoms with Crippen LogP contribution in [0.4, 0.5) is 0 Å². The highest BCUT2D eigenvalue weighted by Gasteiger charge is 2.54. The van der Waals surface area contributed by atoms with Gasteiger partial charge < -0.3 is 4.90 Å². The van der Waals surface area contributed by atoms with Crippen LogP contribution in [0.15, 0.2) is 0 Å². The van der Waals surface area contributed by atoms with E-state index in [0.29, 0.717) is 6.42 Å². The van der Waals surface area contributed by atoms with Crippen LogP contribution in [0.1, 0.15) is 46.5 Å². The van der Waals surface area contributed by atoms with E-state index in [1.165, 1.54) is 0 Å². The van der Waals surface area contributed by atoms with E-state index in [2.05, 4.69) is 6.92 Å². The van der Waals surface area contributed by atoms with Gasteiger partial charge in [-0.05, 0) is 19.8 Å². The number of hydrogen-bond donors (Lipinski definition) is 0. The van der Waals surface area contributed by atoms with Gasteiger partial charge in [0.15, 0.2) is 0 Å². The van der Waals surface area contributed by atoms with E-state index in [0.717, 1.165) is 25.8 Å². The summed E-state index contributed by atoms with van der Waals surface area (Å²) in [6, 6.07) is -0.447. The monoisotopic (exact) mass is 242 g/mol. The Labute approximate surface area is 102 Å². The quantitative estimate of drug-likeness (QED) is 0.507. The van der Waals surface area contributed by atoms with Gasteiger partial charge in [-0.15, -0.1) is 0 Å². The molecule has 0 aromatic heterocycles. The maximum Gasteiger partial charge on any atom is 0.233 e. The van der Waals surface area contributed by atoms with Crippen LogP contribution >= 0.6 is 0 Å². The van der Waals surface area contributed by atoms with Crippen LogP contribution in [-0.2, 0) is 4.79 Å². The third kappa shape index (κ3) is 3.41. The number of nitro groups is 1. The molecule has 98 valence electrons. The molecule has 5 nitrogen and oxygen atoms in total. The molecule has 17 heavy (non-hydrogen) atoms. The number of carbonyl (C=O) groups excluding carboxylic acids is 1. The third-order valence-electron chi connectivity index (χ3n) is 3.50. The van der Waals surface area contributed by atoms with Crippen LogP contribution in [0.3, 0.4) is 0 Å². The van der Waals surface area contributed by atoms with E-state index in [1.54, 1.807) is 0 Å². The lowest BCUT2D eigenvalue weighted by atomic mass is 10.1. The predicted octanol–water partition coefficient (Wildman–Crippen LogP) is 2.08. The van der Waals surface area contributed by atoms with Crippen molar-refractivity contribution >= 4 is 5.91 Å². The van der Waals surface area contributed by atoms with Crippen LogP contribution < -0.4 is 0 Å². The highest BCUT2D eigenvalue weighted by molar-refractivity contribution is 5.82. The summed E-state index contributed by atoms with van der Waals surface area (Å²) in [7, 11) is 0. The summed E-state index contributed by atoms with van der Waals surface area (Å²) in [5, 5.41) is 10.6. The van der Waals surface area contributed by atoms with E-state index >= 15 is 0 Å². The van der Waals surface area contributed by atoms with Gasteiger partial charge in [-0.2, -0.15) is 0 Å². The topological polar surface area (TPSA) is 63.5 Å². The number of hydrogen-bond acceptors (Lipinski definition) is 3. The van der Waals surface area contributed by atoms with Crippen molar-refractivity contribution in [2.45, 2.75) is 58.5 Å². The number of amides is 1. The van der Waals surface area contributed by atoms with Gasteiger partial charge in [-0.1, -0.05) is 20.3 Å². The second kappa shape index (κ2) is 5.98. The van der Waals surface area contributed by atoms with Crippen LogP contribution in [0.5, 0.6) is 0 Å². The van der Waals surface area contributed by atoms with E-state index in [4.69, 9.17) is 0 Å². The van der Waals surface area contributed by atoms with E-state index in [-0.39, 0.29) is 22.8 Å². The Bertz CT molecular complexity index is 293. The van der Waals surface area contributed by atoms with Crippen LogP contribution in [-0.4, -0.2) is 34.4 Å². The molecule has 3 unspecified atom stereocenters. The second-order valence-electron chi connectivity index (χ2n) is 4.84. The van der Waals surface area contributed by atoms with Crippen molar-refractivity contribution in [3.8, 4) is 0 Å². The lowest BCUT2D eigenvalue weighted by molar-refractivity contribution is -0.497. The molecule has 0 spiro atoms. The molecule has 3 atom stereocenters. The Hall–Kier alpha value is -1.13. The highest BCUT2D eigenvalue weighted by Crippen LogP contribution is 2.35. The fourth-order valence-electron chi connectivity index (χ4n) is 1.99. The summed E-state index contributed by atoms with van der Waals surface area (Å²) in [4.78, 5) is 24.2. The Kier molecular flexibility index (Phi) is 4.90. The van der Waals surface area contributed by atoms with Crippen molar-refractivity contribution in [1.29, 1.82) is 0 Å². The zero-order valence-corrected chi connectivity index (χ0v) is 10.9. The normalized spacial score (nSPS) is 24.2. The van der Waals surface area contributed by atoms with Gasteiger partial charge in [0, 0.05) is 23.9 Å². The maximum atomic E-state index is 12.1. The number of rotatable bonds is 7. The second-order valence-corrected chi connectivity index (χ2v) is 4.84. The fraction of sp³-hybridized carbons (Fsp3) is 0.917. The molecule has 1 fully saturated rings. The summed E-state index contributed by atoms with van der Waals surface area (Å²) in [6.45, 7) is 6.85. The molecule has 0 radical (unpaired) electrons. The fourth-order valence-corrected chi connectivity index (χ4v) is 1.99. The summed E-state index contributed by atoms with van der Waals surface area (Å²) in [5.74, 6) is -0.384. The molecule has 1 rings (SSSR count). The van der Waals surface area contributed by atoms with Gasteiger partial charge in [-0.25, -0.2) is 0 Å². The smallest absolute Gasteiger partial charge is 0.233 e. The lowest BCUT2D eigenvalue weighted by Gasteiger charge is -2.28. The standard InChI is InChI=1S/C12H22N2O3/c1-4-6-7-13(9(3)5-2)12(15)10-8-11(10)14(16)17/h9-11H,4-8H2,1-3H3. The molecule has 0 saturated heterocycles. The van der Waals surface area contributed by atoms with Gasteiger partial charge in [-0.3, -0.25) is 14.9 Å². The lowest BCUT2D eigenvalue weighted by Crippen LogP contribution is -2.40. The predicted molar refractivity (Wildman–Crippen MR) is 65.3 cm³/mol. The molecule has 1 saturated carbocycles. The van der Waals surface area contributed by atoms with Gasteiger partial charge in [0.2, 0.25) is 11.9 Å². The number of unbranched alkanes of at least 4 members (excludes halogenated alkanes) is 1. The summed E-state index contributed by atoms with van der Waals surface area (Å²) >= 11 is 0. The molecule has 0 N–H and O–H groups in total. The van der Waals surface area contributed by atoms with Crippen LogP contribution in [0, 0.1) is 16.0 Å². The van der Waals surface area contributed by atoms with Crippen molar-refractivity contribution in [3.63, 3.8) is 0 Å². The molecule has 0 bridgehead atoms. The number of carbonyl (C=O) groups is 1. The Balaban J connectivity index is 2.58. The van der Waals surface area contributed by atoms with Gasteiger partial charge in [0.05, 0.1) is 0 Å². The molecule has 1 amide bonds. The Morgan fingerprint density at radius 1 is 1.53 bits per heavy atom. The van der Waals surface area contributed by atoms with Crippen molar-refractivity contribution in [1.82, 2.24) is 4.90 Å². The Morgan fingerprint density at radius 3 is 2.59 bits per heavy atom. The van der Waals surface area contributed by atoms with Gasteiger partial charge in [0.1, 0.15) is 5.92 Å². The first-order valence-corrected chi connectivity index (χ1v) is 6.46. The molecule has 0 aromatic carbocycles. The molecule has 5 heteroatoms. The minimum Gasteiger partial charge on any atom is -0.340 e. The van der Waals surface area contributed by atoms with Crippen molar-refractivity contribution in [3.05, 3.63) is 10.1 Å². The molecular formula is C12H22N2O3. The van der Waals surface area contributed by atoms with Crippen LogP contribution in [0.25, 0.3) is 0 Å². The van der Waals surface area contributed by atoms with Crippen LogP contribution in [0.2, 0.25) is 0 Å². The summed E-state index contributed by atoms with van der Waals surface area (Å²) in [6.07, 6.45) is 3.31. The van der Waals surface area contributed by atoms with E-state index < -0.39 is 6.04 Å². The maximum absolute atomic E-state index is 12.1. The molecular weight excluding hydrogens is 220 g/mol. The van der Waals surface area contributed by atoms with E-state index in [9.17, 15) is 14.9 Å². The zero-order valence-electron chi connectivity index (χ0n) is 10.9. The van der Waals surface area contributed by atoms with Gasteiger partial charge in [0.25, 0.3) is 0 Å². The molecule has 0 aromatic rings. The Morgan fingerprint density at radius 2 is 2.18 bits per heavy atom.